The van der Waals surface area contributed by atoms with Gasteiger partial charge < -0.3 is 20.6 Å². The zero-order chi connectivity index (χ0) is 21.8. The summed E-state index contributed by atoms with van der Waals surface area (Å²) in [7, 11) is 1.56. The van der Waals surface area contributed by atoms with E-state index in [9.17, 15) is 14.4 Å². The second-order valence-corrected chi connectivity index (χ2v) is 8.27. The number of para-hydroxylation sites is 1. The lowest BCUT2D eigenvalue weighted by atomic mass is 9.70. The van der Waals surface area contributed by atoms with Crippen LogP contribution in [0.3, 0.4) is 0 Å². The average Bonchev–Trinajstić information content (AvgIpc) is 3.01. The lowest BCUT2D eigenvalue weighted by Crippen LogP contribution is -2.45. The fourth-order valence-electron chi connectivity index (χ4n) is 4.56. The topological polar surface area (TPSA) is 98.7 Å². The van der Waals surface area contributed by atoms with Crippen molar-refractivity contribution in [3.05, 3.63) is 41.4 Å². The van der Waals surface area contributed by atoms with Crippen molar-refractivity contribution in [2.45, 2.75) is 25.8 Å². The van der Waals surface area contributed by atoms with Crippen LogP contribution in [0.25, 0.3) is 0 Å². The molecule has 8 heteroatoms. The zero-order valence-corrected chi connectivity index (χ0v) is 17.9. The predicted octanol–water partition coefficient (Wildman–Crippen LogP) is 2.06. The van der Waals surface area contributed by atoms with Gasteiger partial charge in [0.05, 0.1) is 22.5 Å². The number of aliphatic hydroxyl groups is 1. The molecule has 0 saturated carbocycles. The van der Waals surface area contributed by atoms with Crippen LogP contribution in [0.5, 0.6) is 0 Å². The first-order chi connectivity index (χ1) is 14.4. The fraction of sp³-hybridized carbons (Fsp3) is 0.500. The molecule has 1 saturated heterocycles. The summed E-state index contributed by atoms with van der Waals surface area (Å²) in [5.74, 6) is -2.37. The molecule has 3 N–H and O–H groups in total. The number of hydrogen-bond donors (Lipinski definition) is 3. The smallest absolute Gasteiger partial charge is 0.247 e. The summed E-state index contributed by atoms with van der Waals surface area (Å²) >= 11 is 6.19. The van der Waals surface area contributed by atoms with Gasteiger partial charge in [-0.3, -0.25) is 14.4 Å². The molecular formula is C22H28ClN3O4. The standard InChI is InChI=1S/C22H28ClN3O4/c1-13-9-10-14-18(17(13)20(28)24-2)22(30)26(11-5-6-12-27)19(14)21(29)25-16-8-4-3-7-15(16)23/h3-4,7-10,13-14,17-19,27H,5-6,11-12H2,1-2H3,(H,24,28)(H,25,29)/t13-,14+,17-,18+,19+/m1/s1. The quantitative estimate of drug-likeness (QED) is 0.452. The van der Waals surface area contributed by atoms with Gasteiger partial charge in [0.1, 0.15) is 6.04 Å². The molecular weight excluding hydrogens is 406 g/mol. The number of likely N-dealkylation sites (tertiary alicyclic amines) is 1. The monoisotopic (exact) mass is 433 g/mol. The van der Waals surface area contributed by atoms with Crippen LogP contribution in [-0.4, -0.2) is 54.0 Å². The van der Waals surface area contributed by atoms with Gasteiger partial charge in [0.25, 0.3) is 0 Å². The predicted molar refractivity (Wildman–Crippen MR) is 115 cm³/mol. The number of benzene rings is 1. The van der Waals surface area contributed by atoms with E-state index >= 15 is 0 Å². The SMILES string of the molecule is CNC(=O)[C@H]1[C@H]2C(=O)N(CCCCO)[C@H](C(=O)Nc3ccccc3Cl)[C@H]2C=C[C@H]1C. The van der Waals surface area contributed by atoms with Gasteiger partial charge in [-0.25, -0.2) is 0 Å². The number of halogens is 1. The highest BCUT2D eigenvalue weighted by atomic mass is 35.5. The van der Waals surface area contributed by atoms with E-state index in [0.717, 1.165) is 0 Å². The van der Waals surface area contributed by atoms with Crippen LogP contribution in [0.4, 0.5) is 5.69 Å². The Hall–Kier alpha value is -2.38. The lowest BCUT2D eigenvalue weighted by molar-refractivity contribution is -0.140. The van der Waals surface area contributed by atoms with Crippen LogP contribution >= 0.6 is 11.6 Å². The second-order valence-electron chi connectivity index (χ2n) is 7.86. The molecule has 1 aliphatic heterocycles. The molecule has 30 heavy (non-hydrogen) atoms. The molecule has 0 aromatic heterocycles. The number of nitrogens with one attached hydrogen (secondary N) is 2. The molecule has 1 aliphatic carbocycles. The summed E-state index contributed by atoms with van der Waals surface area (Å²) in [4.78, 5) is 40.8. The molecule has 2 aliphatic rings. The molecule has 162 valence electrons. The third kappa shape index (κ3) is 4.23. The van der Waals surface area contributed by atoms with Crippen molar-refractivity contribution in [3.63, 3.8) is 0 Å². The summed E-state index contributed by atoms with van der Waals surface area (Å²) in [5.41, 5.74) is 0.478. The van der Waals surface area contributed by atoms with E-state index < -0.39 is 23.8 Å². The van der Waals surface area contributed by atoms with E-state index in [1.165, 1.54) is 0 Å². The van der Waals surface area contributed by atoms with E-state index in [0.29, 0.717) is 30.1 Å². The summed E-state index contributed by atoms with van der Waals surface area (Å²) < 4.78 is 0. The van der Waals surface area contributed by atoms with E-state index in [1.807, 2.05) is 19.1 Å². The van der Waals surface area contributed by atoms with Crippen LogP contribution in [0.15, 0.2) is 36.4 Å². The number of nitrogens with zero attached hydrogens (tertiary/aromatic N) is 1. The molecule has 0 spiro atoms. The first-order valence-corrected chi connectivity index (χ1v) is 10.6. The van der Waals surface area contributed by atoms with Crippen molar-refractivity contribution in [2.75, 3.05) is 25.5 Å². The molecule has 1 aromatic carbocycles. The third-order valence-corrected chi connectivity index (χ3v) is 6.36. The maximum atomic E-state index is 13.4. The Morgan fingerprint density at radius 3 is 2.57 bits per heavy atom. The molecule has 0 unspecified atom stereocenters. The van der Waals surface area contributed by atoms with Gasteiger partial charge in [-0.2, -0.15) is 0 Å². The summed E-state index contributed by atoms with van der Waals surface area (Å²) in [6.45, 7) is 2.27. The van der Waals surface area contributed by atoms with Crippen molar-refractivity contribution >= 4 is 35.0 Å². The van der Waals surface area contributed by atoms with Crippen LogP contribution in [0.2, 0.25) is 5.02 Å². The van der Waals surface area contributed by atoms with Crippen LogP contribution < -0.4 is 10.6 Å². The Kier molecular flexibility index (Phi) is 7.15. The number of unbranched alkanes of at least 4 members (excludes halogenated alkanes) is 1. The van der Waals surface area contributed by atoms with Gasteiger partial charge in [-0.15, -0.1) is 0 Å². The summed E-state index contributed by atoms with van der Waals surface area (Å²) in [6, 6.07) is 6.19. The van der Waals surface area contributed by atoms with E-state index in [1.54, 1.807) is 36.2 Å². The van der Waals surface area contributed by atoms with Gasteiger partial charge in [0.2, 0.25) is 17.7 Å². The maximum absolute atomic E-state index is 13.4. The third-order valence-electron chi connectivity index (χ3n) is 6.03. The number of hydrogen-bond acceptors (Lipinski definition) is 4. The van der Waals surface area contributed by atoms with Gasteiger partial charge in [-0.1, -0.05) is 42.8 Å². The number of carbonyl (C=O) groups is 3. The van der Waals surface area contributed by atoms with Gasteiger partial charge >= 0.3 is 0 Å². The summed E-state index contributed by atoms with van der Waals surface area (Å²) in [5, 5.41) is 15.1. The minimum Gasteiger partial charge on any atom is -0.396 e. The second kappa shape index (κ2) is 9.62. The molecule has 5 atom stereocenters. The normalized spacial score (nSPS) is 27.7. The minimum atomic E-state index is -0.742. The largest absolute Gasteiger partial charge is 0.396 e. The van der Waals surface area contributed by atoms with Crippen molar-refractivity contribution in [1.29, 1.82) is 0 Å². The van der Waals surface area contributed by atoms with E-state index in [-0.39, 0.29) is 30.2 Å². The highest BCUT2D eigenvalue weighted by molar-refractivity contribution is 6.33. The van der Waals surface area contributed by atoms with Crippen molar-refractivity contribution < 1.29 is 19.5 Å². The Bertz CT molecular complexity index is 843. The Morgan fingerprint density at radius 1 is 1.17 bits per heavy atom. The molecule has 1 fully saturated rings. The number of carbonyl (C=O) groups excluding carboxylic acids is 3. The number of anilines is 1. The van der Waals surface area contributed by atoms with Crippen LogP contribution in [0.1, 0.15) is 19.8 Å². The number of amides is 3. The first kappa shape index (κ1) is 22.3. The molecule has 1 heterocycles. The van der Waals surface area contributed by atoms with E-state index in [4.69, 9.17) is 16.7 Å². The molecule has 3 amide bonds. The Labute approximate surface area is 181 Å². The number of aliphatic hydroxyl groups excluding tert-OH is 1. The number of fused-ring (bicyclic) bond motifs is 1. The lowest BCUT2D eigenvalue weighted by Gasteiger charge is -2.32. The molecule has 1 aromatic rings. The zero-order valence-electron chi connectivity index (χ0n) is 17.2. The molecule has 7 nitrogen and oxygen atoms in total. The van der Waals surface area contributed by atoms with Crippen LogP contribution in [0, 0.1) is 23.7 Å². The van der Waals surface area contributed by atoms with Crippen molar-refractivity contribution in [2.24, 2.45) is 23.7 Å². The molecule has 0 radical (unpaired) electrons. The highest BCUT2D eigenvalue weighted by Gasteiger charge is 2.56. The van der Waals surface area contributed by atoms with E-state index in [2.05, 4.69) is 10.6 Å². The van der Waals surface area contributed by atoms with Gasteiger partial charge in [0.15, 0.2) is 0 Å². The molecule has 3 rings (SSSR count). The Morgan fingerprint density at radius 2 is 1.90 bits per heavy atom. The van der Waals surface area contributed by atoms with Gasteiger partial charge in [-0.05, 0) is 30.9 Å². The highest BCUT2D eigenvalue weighted by Crippen LogP contribution is 2.44. The maximum Gasteiger partial charge on any atom is 0.247 e. The minimum absolute atomic E-state index is 0.0170. The van der Waals surface area contributed by atoms with Crippen LogP contribution in [-0.2, 0) is 14.4 Å². The van der Waals surface area contributed by atoms with Crippen molar-refractivity contribution in [3.8, 4) is 0 Å². The fourth-order valence-corrected chi connectivity index (χ4v) is 4.75. The first-order valence-electron chi connectivity index (χ1n) is 10.3. The number of allylic oxidation sites excluding steroid dienone is 1. The number of rotatable bonds is 7. The molecule has 0 bridgehead atoms. The summed E-state index contributed by atoms with van der Waals surface area (Å²) in [6.07, 6.45) is 4.92. The van der Waals surface area contributed by atoms with Gasteiger partial charge in [0, 0.05) is 26.1 Å². The Balaban J connectivity index is 1.94. The average molecular weight is 434 g/mol. The van der Waals surface area contributed by atoms with Crippen molar-refractivity contribution in [1.82, 2.24) is 10.2 Å².